The Bertz CT molecular complexity index is 537. The van der Waals surface area contributed by atoms with Gasteiger partial charge in [-0.1, -0.05) is 15.9 Å². The van der Waals surface area contributed by atoms with E-state index in [-0.39, 0.29) is 19.1 Å². The second-order valence-electron chi connectivity index (χ2n) is 3.75. The van der Waals surface area contributed by atoms with Gasteiger partial charge in [0, 0.05) is 16.4 Å². The van der Waals surface area contributed by atoms with Crippen LogP contribution in [-0.4, -0.2) is 20.6 Å². The van der Waals surface area contributed by atoms with Gasteiger partial charge in [-0.3, -0.25) is 4.79 Å². The Labute approximate surface area is 113 Å². The van der Waals surface area contributed by atoms with Gasteiger partial charge in [0.1, 0.15) is 6.54 Å². The molecular formula is C12H12BrN3O2. The van der Waals surface area contributed by atoms with Gasteiger partial charge in [-0.2, -0.15) is 0 Å². The minimum atomic E-state index is -0.140. The van der Waals surface area contributed by atoms with Crippen molar-refractivity contribution in [2.75, 3.05) is 5.32 Å². The van der Waals surface area contributed by atoms with Crippen LogP contribution in [0, 0.1) is 0 Å². The van der Waals surface area contributed by atoms with Gasteiger partial charge in [-0.15, -0.1) is 0 Å². The first kappa shape index (κ1) is 12.8. The number of imidazole rings is 1. The van der Waals surface area contributed by atoms with E-state index in [9.17, 15) is 4.79 Å². The second-order valence-corrected chi connectivity index (χ2v) is 4.67. The number of rotatable bonds is 4. The smallest absolute Gasteiger partial charge is 0.244 e. The Morgan fingerprint density at radius 3 is 2.72 bits per heavy atom. The van der Waals surface area contributed by atoms with Crippen molar-refractivity contribution in [3.63, 3.8) is 0 Å². The summed E-state index contributed by atoms with van der Waals surface area (Å²) < 4.78 is 2.59. The van der Waals surface area contributed by atoms with Gasteiger partial charge < -0.3 is 15.0 Å². The molecule has 5 nitrogen and oxygen atoms in total. The third kappa shape index (κ3) is 3.41. The normalized spacial score (nSPS) is 10.3. The van der Waals surface area contributed by atoms with Gasteiger partial charge in [-0.05, 0) is 24.3 Å². The molecule has 94 valence electrons. The molecule has 6 heteroatoms. The fourth-order valence-corrected chi connectivity index (χ4v) is 1.74. The highest BCUT2D eigenvalue weighted by Crippen LogP contribution is 2.14. The van der Waals surface area contributed by atoms with Crippen LogP contribution in [0.4, 0.5) is 5.69 Å². The molecule has 2 aromatic rings. The van der Waals surface area contributed by atoms with Crippen molar-refractivity contribution in [3.05, 3.63) is 47.0 Å². The van der Waals surface area contributed by atoms with E-state index in [0.717, 1.165) is 10.2 Å². The molecule has 2 rings (SSSR count). The number of carbonyl (C=O) groups excluding carboxylic acids is 1. The second kappa shape index (κ2) is 5.79. The number of amides is 1. The van der Waals surface area contributed by atoms with Gasteiger partial charge in [0.05, 0.1) is 18.6 Å². The van der Waals surface area contributed by atoms with Crippen LogP contribution in [0.5, 0.6) is 0 Å². The summed E-state index contributed by atoms with van der Waals surface area (Å²) in [7, 11) is 0. The Balaban J connectivity index is 1.94. The lowest BCUT2D eigenvalue weighted by atomic mass is 10.3. The van der Waals surface area contributed by atoms with Crippen molar-refractivity contribution in [2.45, 2.75) is 13.2 Å². The summed E-state index contributed by atoms with van der Waals surface area (Å²) >= 11 is 3.33. The predicted molar refractivity (Wildman–Crippen MR) is 70.9 cm³/mol. The van der Waals surface area contributed by atoms with Crippen LogP contribution in [0.25, 0.3) is 0 Å². The maximum Gasteiger partial charge on any atom is 0.244 e. The van der Waals surface area contributed by atoms with Gasteiger partial charge in [0.15, 0.2) is 0 Å². The summed E-state index contributed by atoms with van der Waals surface area (Å²) in [6.07, 6.45) is 3.16. The number of hydrogen-bond donors (Lipinski definition) is 2. The lowest BCUT2D eigenvalue weighted by molar-refractivity contribution is -0.116. The van der Waals surface area contributed by atoms with E-state index in [0.29, 0.717) is 5.69 Å². The number of hydrogen-bond acceptors (Lipinski definition) is 3. The predicted octanol–water partition coefficient (Wildman–Crippen LogP) is 1.78. The first-order chi connectivity index (χ1) is 8.67. The van der Waals surface area contributed by atoms with E-state index >= 15 is 0 Å². The highest BCUT2D eigenvalue weighted by atomic mass is 79.9. The van der Waals surface area contributed by atoms with E-state index in [1.807, 2.05) is 24.3 Å². The molecule has 1 heterocycles. The maximum absolute atomic E-state index is 11.7. The number of nitrogens with one attached hydrogen (secondary N) is 1. The molecule has 0 aliphatic carbocycles. The SMILES string of the molecule is O=C(Cn1cnc(CO)c1)Nc1ccc(Br)cc1. The topological polar surface area (TPSA) is 67.2 Å². The Kier molecular flexibility index (Phi) is 4.11. The fraction of sp³-hybridized carbons (Fsp3) is 0.167. The average Bonchev–Trinajstić information content (AvgIpc) is 2.79. The molecule has 0 spiro atoms. The molecule has 1 aromatic carbocycles. The minimum absolute atomic E-state index is 0.124. The van der Waals surface area contributed by atoms with Gasteiger partial charge in [0.25, 0.3) is 0 Å². The van der Waals surface area contributed by atoms with E-state index in [1.54, 1.807) is 10.8 Å². The highest BCUT2D eigenvalue weighted by Gasteiger charge is 2.04. The molecule has 0 saturated heterocycles. The average molecular weight is 310 g/mol. The molecule has 0 aliphatic heterocycles. The van der Waals surface area contributed by atoms with Crippen molar-refractivity contribution in [3.8, 4) is 0 Å². The van der Waals surface area contributed by atoms with Gasteiger partial charge in [-0.25, -0.2) is 4.98 Å². The molecule has 0 aliphatic rings. The molecule has 0 bridgehead atoms. The maximum atomic E-state index is 11.7. The molecule has 0 saturated carbocycles. The summed E-state index contributed by atoms with van der Waals surface area (Å²) in [4.78, 5) is 15.7. The minimum Gasteiger partial charge on any atom is -0.390 e. The molecule has 0 radical (unpaired) electrons. The van der Waals surface area contributed by atoms with Crippen LogP contribution in [0.1, 0.15) is 5.69 Å². The van der Waals surface area contributed by atoms with E-state index in [4.69, 9.17) is 5.11 Å². The van der Waals surface area contributed by atoms with Gasteiger partial charge >= 0.3 is 0 Å². The van der Waals surface area contributed by atoms with Crippen LogP contribution in [0.3, 0.4) is 0 Å². The Morgan fingerprint density at radius 1 is 1.39 bits per heavy atom. The first-order valence-electron chi connectivity index (χ1n) is 5.34. The third-order valence-corrected chi connectivity index (χ3v) is 2.83. The molecule has 0 atom stereocenters. The van der Waals surface area contributed by atoms with Crippen LogP contribution in [-0.2, 0) is 17.9 Å². The number of halogens is 1. The van der Waals surface area contributed by atoms with Crippen molar-refractivity contribution in [1.29, 1.82) is 0 Å². The largest absolute Gasteiger partial charge is 0.390 e. The molecular weight excluding hydrogens is 298 g/mol. The molecule has 1 aromatic heterocycles. The van der Waals surface area contributed by atoms with Crippen LogP contribution in [0.15, 0.2) is 41.3 Å². The number of anilines is 1. The lowest BCUT2D eigenvalue weighted by Crippen LogP contribution is -2.17. The number of aliphatic hydroxyl groups is 1. The van der Waals surface area contributed by atoms with E-state index < -0.39 is 0 Å². The zero-order valence-corrected chi connectivity index (χ0v) is 11.1. The lowest BCUT2D eigenvalue weighted by Gasteiger charge is -2.05. The molecule has 0 unspecified atom stereocenters. The highest BCUT2D eigenvalue weighted by molar-refractivity contribution is 9.10. The van der Waals surface area contributed by atoms with Crippen LogP contribution >= 0.6 is 15.9 Å². The molecule has 0 fully saturated rings. The number of aromatic nitrogens is 2. The number of benzene rings is 1. The number of aliphatic hydroxyl groups excluding tert-OH is 1. The van der Waals surface area contributed by atoms with Crippen molar-refractivity contribution in [1.82, 2.24) is 9.55 Å². The standard InChI is InChI=1S/C12H12BrN3O2/c13-9-1-3-10(4-2-9)15-12(18)6-16-5-11(7-17)14-8-16/h1-5,8,17H,6-7H2,(H,15,18). The molecule has 1 amide bonds. The van der Waals surface area contributed by atoms with Crippen LogP contribution in [0.2, 0.25) is 0 Å². The zero-order chi connectivity index (χ0) is 13.0. The summed E-state index contributed by atoms with van der Waals surface area (Å²) in [5, 5.41) is 11.6. The van der Waals surface area contributed by atoms with E-state index in [2.05, 4.69) is 26.2 Å². The fourth-order valence-electron chi connectivity index (χ4n) is 1.47. The zero-order valence-electron chi connectivity index (χ0n) is 9.51. The summed E-state index contributed by atoms with van der Waals surface area (Å²) in [6.45, 7) is 0.0460. The van der Waals surface area contributed by atoms with Crippen LogP contribution < -0.4 is 5.32 Å². The van der Waals surface area contributed by atoms with Crippen molar-refractivity contribution >= 4 is 27.5 Å². The molecule has 18 heavy (non-hydrogen) atoms. The number of nitrogens with zero attached hydrogens (tertiary/aromatic N) is 2. The van der Waals surface area contributed by atoms with Gasteiger partial charge in [0.2, 0.25) is 5.91 Å². The summed E-state index contributed by atoms with van der Waals surface area (Å²) in [5.74, 6) is -0.140. The quantitative estimate of drug-likeness (QED) is 0.904. The van der Waals surface area contributed by atoms with E-state index in [1.165, 1.54) is 6.33 Å². The van der Waals surface area contributed by atoms with Crippen molar-refractivity contribution < 1.29 is 9.90 Å². The monoisotopic (exact) mass is 309 g/mol. The van der Waals surface area contributed by atoms with Crippen molar-refractivity contribution in [2.24, 2.45) is 0 Å². The Morgan fingerprint density at radius 2 is 2.11 bits per heavy atom. The summed E-state index contributed by atoms with van der Waals surface area (Å²) in [6, 6.07) is 7.34. The first-order valence-corrected chi connectivity index (χ1v) is 6.13. The summed E-state index contributed by atoms with van der Waals surface area (Å²) in [5.41, 5.74) is 1.29. The number of carbonyl (C=O) groups is 1. The Hall–Kier alpha value is -1.66. The third-order valence-electron chi connectivity index (χ3n) is 2.30. The molecule has 2 N–H and O–H groups in total.